The van der Waals surface area contributed by atoms with Gasteiger partial charge in [0.1, 0.15) is 0 Å². The standard InChI is InChI=1S/C30H37Br2F3N2O4/c1-2-3-4-5-6-7-8-9-10-11-15-36-27(38)22-17-25(31)24(26(32)18-22)20-37(28(39)29(40)41)19-21-13-12-14-23(16-21)30(33,34)35/h12-14,16-18H,2-11,15,19-20H2,1H3,(H,36,38)(H,40,41). The van der Waals surface area contributed by atoms with E-state index in [1.54, 1.807) is 12.1 Å². The molecule has 0 atom stereocenters. The number of carboxylic acids is 1. The number of hydrogen-bond acceptors (Lipinski definition) is 3. The lowest BCUT2D eigenvalue weighted by Gasteiger charge is -2.23. The summed E-state index contributed by atoms with van der Waals surface area (Å²) in [6, 6.07) is 7.53. The van der Waals surface area contributed by atoms with Crippen LogP contribution in [0.15, 0.2) is 45.3 Å². The van der Waals surface area contributed by atoms with Crippen molar-refractivity contribution in [3.63, 3.8) is 0 Å². The number of alkyl halides is 3. The molecule has 6 nitrogen and oxygen atoms in total. The number of nitrogens with one attached hydrogen (secondary N) is 1. The lowest BCUT2D eigenvalue weighted by Crippen LogP contribution is -2.35. The van der Waals surface area contributed by atoms with Gasteiger partial charge in [0.15, 0.2) is 0 Å². The van der Waals surface area contributed by atoms with Crippen LogP contribution in [-0.2, 0) is 28.9 Å². The SMILES string of the molecule is CCCCCCCCCCCCNC(=O)c1cc(Br)c(CN(Cc2cccc(C(F)(F)F)c2)C(=O)C(=O)O)c(Br)c1. The van der Waals surface area contributed by atoms with Crippen LogP contribution in [0.1, 0.15) is 98.2 Å². The molecule has 0 aliphatic carbocycles. The Kier molecular flexibility index (Phi) is 14.9. The number of rotatable bonds is 16. The zero-order valence-corrected chi connectivity index (χ0v) is 26.3. The van der Waals surface area contributed by atoms with Crippen LogP contribution in [0.3, 0.4) is 0 Å². The lowest BCUT2D eigenvalue weighted by molar-refractivity contribution is -0.156. The average molecular weight is 706 g/mol. The summed E-state index contributed by atoms with van der Waals surface area (Å²) in [5, 5.41) is 12.2. The summed E-state index contributed by atoms with van der Waals surface area (Å²) in [5.41, 5.74) is 0.0734. The molecule has 0 unspecified atom stereocenters. The molecule has 2 rings (SSSR count). The van der Waals surface area contributed by atoms with Crippen molar-refractivity contribution in [1.29, 1.82) is 0 Å². The van der Waals surface area contributed by atoms with Crippen molar-refractivity contribution in [3.05, 3.63) is 67.6 Å². The van der Waals surface area contributed by atoms with Crippen molar-refractivity contribution < 1.29 is 32.7 Å². The van der Waals surface area contributed by atoms with Gasteiger partial charge in [-0.3, -0.25) is 9.59 Å². The topological polar surface area (TPSA) is 86.7 Å². The van der Waals surface area contributed by atoms with Crippen LogP contribution in [0.2, 0.25) is 0 Å². The molecule has 0 bridgehead atoms. The summed E-state index contributed by atoms with van der Waals surface area (Å²) >= 11 is 6.79. The van der Waals surface area contributed by atoms with E-state index < -0.39 is 23.6 Å². The van der Waals surface area contributed by atoms with Crippen LogP contribution in [-0.4, -0.2) is 34.3 Å². The highest BCUT2D eigenvalue weighted by Gasteiger charge is 2.31. The van der Waals surface area contributed by atoms with Gasteiger partial charge in [-0.25, -0.2) is 4.79 Å². The lowest BCUT2D eigenvalue weighted by atomic mass is 10.1. The summed E-state index contributed by atoms with van der Waals surface area (Å²) in [6.07, 6.45) is 7.40. The van der Waals surface area contributed by atoms with Gasteiger partial charge in [0.2, 0.25) is 0 Å². The number of carbonyl (C=O) groups is 3. The number of halogens is 5. The highest BCUT2D eigenvalue weighted by Crippen LogP contribution is 2.31. The number of nitrogens with zero attached hydrogens (tertiary/aromatic N) is 1. The molecule has 0 aliphatic heterocycles. The summed E-state index contributed by atoms with van der Waals surface area (Å²) in [6.45, 7) is 2.19. The summed E-state index contributed by atoms with van der Waals surface area (Å²) in [4.78, 5) is 37.5. The molecule has 0 radical (unpaired) electrons. The van der Waals surface area contributed by atoms with Gasteiger partial charge in [0, 0.05) is 34.1 Å². The molecule has 0 fully saturated rings. The van der Waals surface area contributed by atoms with Crippen molar-refractivity contribution in [2.45, 2.75) is 90.4 Å². The Morgan fingerprint density at radius 1 is 0.854 bits per heavy atom. The third kappa shape index (κ3) is 12.2. The van der Waals surface area contributed by atoms with E-state index in [-0.39, 0.29) is 24.6 Å². The normalized spacial score (nSPS) is 11.4. The smallest absolute Gasteiger partial charge is 0.416 e. The van der Waals surface area contributed by atoms with Crippen molar-refractivity contribution in [1.82, 2.24) is 10.2 Å². The Morgan fingerprint density at radius 2 is 1.41 bits per heavy atom. The Hall–Kier alpha value is -2.40. The van der Waals surface area contributed by atoms with E-state index in [9.17, 15) is 32.7 Å². The van der Waals surface area contributed by atoms with E-state index in [1.165, 1.54) is 57.1 Å². The van der Waals surface area contributed by atoms with Crippen LogP contribution in [0.4, 0.5) is 13.2 Å². The quantitative estimate of drug-likeness (QED) is 0.136. The Bertz CT molecular complexity index is 1150. The van der Waals surface area contributed by atoms with Crippen LogP contribution in [0.25, 0.3) is 0 Å². The van der Waals surface area contributed by atoms with Crippen LogP contribution < -0.4 is 5.32 Å². The second-order valence-corrected chi connectivity index (χ2v) is 11.7. The minimum absolute atomic E-state index is 0.129. The maximum atomic E-state index is 13.1. The maximum Gasteiger partial charge on any atom is 0.416 e. The van der Waals surface area contributed by atoms with E-state index in [1.807, 2.05) is 0 Å². The molecule has 2 amide bonds. The third-order valence-electron chi connectivity index (χ3n) is 6.67. The van der Waals surface area contributed by atoms with E-state index in [0.717, 1.165) is 36.3 Å². The van der Waals surface area contributed by atoms with E-state index in [2.05, 4.69) is 44.1 Å². The van der Waals surface area contributed by atoms with Gasteiger partial charge in [0.05, 0.1) is 5.56 Å². The summed E-state index contributed by atoms with van der Waals surface area (Å²) in [5.74, 6) is -3.26. The summed E-state index contributed by atoms with van der Waals surface area (Å²) < 4.78 is 40.3. The molecule has 11 heteroatoms. The van der Waals surface area contributed by atoms with Gasteiger partial charge >= 0.3 is 18.1 Å². The number of amides is 2. The molecule has 0 saturated carbocycles. The van der Waals surface area contributed by atoms with Gasteiger partial charge in [-0.1, -0.05) is 109 Å². The predicted octanol–water partition coefficient (Wildman–Crippen LogP) is 8.49. The monoisotopic (exact) mass is 704 g/mol. The molecule has 2 N–H and O–H groups in total. The Labute approximate surface area is 256 Å². The highest BCUT2D eigenvalue weighted by atomic mass is 79.9. The molecule has 0 heterocycles. The van der Waals surface area contributed by atoms with Gasteiger partial charge < -0.3 is 15.3 Å². The van der Waals surface area contributed by atoms with Crippen LogP contribution in [0.5, 0.6) is 0 Å². The maximum absolute atomic E-state index is 13.1. The van der Waals surface area contributed by atoms with Gasteiger partial charge in [0.25, 0.3) is 5.91 Å². The molecule has 0 saturated heterocycles. The Balaban J connectivity index is 1.96. The molecule has 0 spiro atoms. The highest BCUT2D eigenvalue weighted by molar-refractivity contribution is 9.11. The summed E-state index contributed by atoms with van der Waals surface area (Å²) in [7, 11) is 0. The predicted molar refractivity (Wildman–Crippen MR) is 159 cm³/mol. The number of carboxylic acid groups (broad SMARTS) is 1. The van der Waals surface area contributed by atoms with E-state index in [4.69, 9.17) is 0 Å². The van der Waals surface area contributed by atoms with Crippen molar-refractivity contribution in [3.8, 4) is 0 Å². The average Bonchev–Trinajstić information content (AvgIpc) is 2.92. The van der Waals surface area contributed by atoms with E-state index in [0.29, 0.717) is 26.6 Å². The second kappa shape index (κ2) is 17.5. The zero-order chi connectivity index (χ0) is 30.4. The fourth-order valence-corrected chi connectivity index (χ4v) is 5.83. The third-order valence-corrected chi connectivity index (χ3v) is 8.08. The minimum Gasteiger partial charge on any atom is -0.474 e. The Morgan fingerprint density at radius 3 is 1.95 bits per heavy atom. The molecule has 2 aromatic carbocycles. The fourth-order valence-electron chi connectivity index (χ4n) is 4.39. The van der Waals surface area contributed by atoms with Gasteiger partial charge in [-0.15, -0.1) is 0 Å². The van der Waals surface area contributed by atoms with Crippen molar-refractivity contribution in [2.24, 2.45) is 0 Å². The second-order valence-electron chi connectivity index (χ2n) is 10.0. The van der Waals surface area contributed by atoms with Crippen LogP contribution in [0, 0.1) is 0 Å². The largest absolute Gasteiger partial charge is 0.474 e. The first-order chi connectivity index (χ1) is 19.4. The first kappa shape index (κ1) is 34.8. The molecule has 0 aliphatic rings. The minimum atomic E-state index is -4.58. The van der Waals surface area contributed by atoms with E-state index >= 15 is 0 Å². The number of aliphatic carboxylic acids is 1. The molecule has 41 heavy (non-hydrogen) atoms. The molecule has 0 aromatic heterocycles. The molecular weight excluding hydrogens is 669 g/mol. The molecule has 2 aromatic rings. The zero-order valence-electron chi connectivity index (χ0n) is 23.2. The number of hydrogen-bond donors (Lipinski definition) is 2. The van der Waals surface area contributed by atoms with Gasteiger partial charge in [-0.2, -0.15) is 13.2 Å². The number of unbranched alkanes of at least 4 members (excludes halogenated alkanes) is 9. The fraction of sp³-hybridized carbons (Fsp3) is 0.500. The van der Waals surface area contributed by atoms with Gasteiger partial charge in [-0.05, 0) is 41.8 Å². The first-order valence-electron chi connectivity index (χ1n) is 13.9. The van der Waals surface area contributed by atoms with Crippen molar-refractivity contribution >= 4 is 49.6 Å². The number of benzene rings is 2. The first-order valence-corrected chi connectivity index (χ1v) is 15.5. The van der Waals surface area contributed by atoms with Crippen LogP contribution >= 0.6 is 31.9 Å². The number of carbonyl (C=O) groups excluding carboxylic acids is 2. The molecule has 226 valence electrons. The molecular formula is C30H37Br2F3N2O4. The van der Waals surface area contributed by atoms with Crippen molar-refractivity contribution in [2.75, 3.05) is 6.54 Å².